The maximum absolute atomic E-state index is 12.2. The number of anilines is 1. The van der Waals surface area contributed by atoms with Crippen LogP contribution in [0.1, 0.15) is 16.7 Å². The minimum atomic E-state index is -0.563. The van der Waals surface area contributed by atoms with Crippen LogP contribution in [0.25, 0.3) is 0 Å². The van der Waals surface area contributed by atoms with Gasteiger partial charge in [0, 0.05) is 12.7 Å². The molecule has 0 fully saturated rings. The summed E-state index contributed by atoms with van der Waals surface area (Å²) in [5.41, 5.74) is 3.27. The highest BCUT2D eigenvalue weighted by atomic mass is 16.5. The molecule has 0 aromatic heterocycles. The van der Waals surface area contributed by atoms with E-state index in [2.05, 4.69) is 5.32 Å². The molecular weight excluding hydrogens is 360 g/mol. The number of ether oxygens (including phenoxy) is 1. The average Bonchev–Trinajstić information content (AvgIpc) is 2.64. The van der Waals surface area contributed by atoms with Crippen LogP contribution in [0, 0.1) is 13.8 Å². The third kappa shape index (κ3) is 6.12. The van der Waals surface area contributed by atoms with E-state index in [0.717, 1.165) is 16.8 Å². The van der Waals surface area contributed by atoms with Gasteiger partial charge in [-0.15, -0.1) is 0 Å². The molecule has 0 atom stereocenters. The number of nitrogens with zero attached hydrogens (tertiary/aromatic N) is 1. The second kappa shape index (κ2) is 9.55. The zero-order valence-corrected chi connectivity index (χ0v) is 16.2. The Morgan fingerprint density at radius 3 is 2.25 bits per heavy atom. The van der Waals surface area contributed by atoms with Crippen molar-refractivity contribution in [1.29, 1.82) is 0 Å². The van der Waals surface area contributed by atoms with Crippen molar-refractivity contribution in [3.63, 3.8) is 0 Å². The van der Waals surface area contributed by atoms with Crippen LogP contribution < -0.4 is 5.32 Å². The Kier molecular flexibility index (Phi) is 7.14. The number of aryl methyl sites for hydroxylation is 2. The lowest BCUT2D eigenvalue weighted by Gasteiger charge is -2.18. The van der Waals surface area contributed by atoms with Gasteiger partial charge in [-0.2, -0.15) is 0 Å². The van der Waals surface area contributed by atoms with E-state index in [9.17, 15) is 19.5 Å². The molecule has 0 saturated carbocycles. The van der Waals surface area contributed by atoms with E-state index in [0.29, 0.717) is 5.56 Å². The van der Waals surface area contributed by atoms with Gasteiger partial charge in [0.25, 0.3) is 5.91 Å². The number of benzene rings is 2. The van der Waals surface area contributed by atoms with Crippen molar-refractivity contribution in [3.8, 4) is 5.75 Å². The third-order valence-electron chi connectivity index (χ3n) is 4.19. The SMILES string of the molecule is Cc1cccc(C)c1NC(=O)CN(C)C(=O)COC(=O)Cc1ccc(O)cc1. The Labute approximate surface area is 163 Å². The molecule has 0 saturated heterocycles. The predicted octanol–water partition coefficient (Wildman–Crippen LogP) is 2.19. The first-order valence-electron chi connectivity index (χ1n) is 8.80. The smallest absolute Gasteiger partial charge is 0.310 e. The fourth-order valence-electron chi connectivity index (χ4n) is 2.58. The Bertz CT molecular complexity index is 841. The lowest BCUT2D eigenvalue weighted by Crippen LogP contribution is -2.37. The highest BCUT2D eigenvalue weighted by Gasteiger charge is 2.16. The molecule has 0 radical (unpaired) electrons. The van der Waals surface area contributed by atoms with Gasteiger partial charge in [-0.3, -0.25) is 14.4 Å². The first-order valence-corrected chi connectivity index (χ1v) is 8.80. The molecule has 148 valence electrons. The number of hydrogen-bond donors (Lipinski definition) is 2. The molecule has 2 amide bonds. The number of esters is 1. The summed E-state index contributed by atoms with van der Waals surface area (Å²) in [6.07, 6.45) is -0.00960. The molecule has 7 heteroatoms. The molecule has 2 rings (SSSR count). The van der Waals surface area contributed by atoms with Gasteiger partial charge >= 0.3 is 5.97 Å². The molecule has 0 bridgehead atoms. The molecule has 2 aromatic rings. The number of carbonyl (C=O) groups is 3. The second-order valence-corrected chi connectivity index (χ2v) is 6.57. The summed E-state index contributed by atoms with van der Waals surface area (Å²) in [4.78, 5) is 37.3. The molecular formula is C21H24N2O5. The van der Waals surface area contributed by atoms with Crippen molar-refractivity contribution < 1.29 is 24.2 Å². The van der Waals surface area contributed by atoms with E-state index >= 15 is 0 Å². The highest BCUT2D eigenvalue weighted by Crippen LogP contribution is 2.19. The number of nitrogens with one attached hydrogen (secondary N) is 1. The summed E-state index contributed by atoms with van der Waals surface area (Å²) < 4.78 is 4.97. The zero-order valence-electron chi connectivity index (χ0n) is 16.2. The van der Waals surface area contributed by atoms with Crippen molar-refractivity contribution in [2.75, 3.05) is 25.5 Å². The van der Waals surface area contributed by atoms with E-state index in [1.165, 1.54) is 24.1 Å². The molecule has 0 unspecified atom stereocenters. The lowest BCUT2D eigenvalue weighted by atomic mass is 10.1. The highest BCUT2D eigenvalue weighted by molar-refractivity contribution is 5.96. The van der Waals surface area contributed by atoms with Crippen molar-refractivity contribution in [2.45, 2.75) is 20.3 Å². The van der Waals surface area contributed by atoms with Crippen LogP contribution in [0.5, 0.6) is 5.75 Å². The van der Waals surface area contributed by atoms with E-state index in [1.807, 2.05) is 32.0 Å². The minimum Gasteiger partial charge on any atom is -0.508 e. The van der Waals surface area contributed by atoms with Gasteiger partial charge in [0.1, 0.15) is 5.75 Å². The summed E-state index contributed by atoms with van der Waals surface area (Å²) in [6.45, 7) is 3.20. The molecule has 2 aromatic carbocycles. The monoisotopic (exact) mass is 384 g/mol. The summed E-state index contributed by atoms with van der Waals surface area (Å²) in [5.74, 6) is -1.26. The third-order valence-corrected chi connectivity index (χ3v) is 4.19. The first-order chi connectivity index (χ1) is 13.3. The van der Waals surface area contributed by atoms with Crippen molar-refractivity contribution in [2.24, 2.45) is 0 Å². The molecule has 2 N–H and O–H groups in total. The van der Waals surface area contributed by atoms with E-state index < -0.39 is 18.5 Å². The maximum atomic E-state index is 12.2. The van der Waals surface area contributed by atoms with Gasteiger partial charge in [0.05, 0.1) is 13.0 Å². The number of aromatic hydroxyl groups is 1. The van der Waals surface area contributed by atoms with E-state index in [-0.39, 0.29) is 24.6 Å². The number of amides is 2. The second-order valence-electron chi connectivity index (χ2n) is 6.57. The van der Waals surface area contributed by atoms with Gasteiger partial charge in [0.15, 0.2) is 6.61 Å². The van der Waals surface area contributed by atoms with Crippen LogP contribution in [0.15, 0.2) is 42.5 Å². The van der Waals surface area contributed by atoms with E-state index in [4.69, 9.17) is 4.74 Å². The molecule has 0 aliphatic carbocycles. The van der Waals surface area contributed by atoms with Gasteiger partial charge in [-0.1, -0.05) is 30.3 Å². The number of phenolic OH excluding ortho intramolecular Hbond substituents is 1. The molecule has 7 nitrogen and oxygen atoms in total. The topological polar surface area (TPSA) is 95.9 Å². The molecule has 0 aliphatic heterocycles. The van der Waals surface area contributed by atoms with Gasteiger partial charge < -0.3 is 20.1 Å². The quantitative estimate of drug-likeness (QED) is 0.714. The molecule has 0 heterocycles. The maximum Gasteiger partial charge on any atom is 0.310 e. The van der Waals surface area contributed by atoms with Gasteiger partial charge in [-0.25, -0.2) is 0 Å². The van der Waals surface area contributed by atoms with Crippen molar-refractivity contribution >= 4 is 23.5 Å². The molecule has 0 spiro atoms. The van der Waals surface area contributed by atoms with E-state index in [1.54, 1.807) is 12.1 Å². The van der Waals surface area contributed by atoms with Gasteiger partial charge in [0.2, 0.25) is 5.91 Å². The number of para-hydroxylation sites is 1. The van der Waals surface area contributed by atoms with Crippen molar-refractivity contribution in [1.82, 2.24) is 4.90 Å². The predicted molar refractivity (Wildman–Crippen MR) is 105 cm³/mol. The van der Waals surface area contributed by atoms with Crippen LogP contribution in [-0.2, 0) is 25.5 Å². The summed E-state index contributed by atoms with van der Waals surface area (Å²) in [7, 11) is 1.47. The van der Waals surface area contributed by atoms with Crippen LogP contribution in [0.3, 0.4) is 0 Å². The zero-order chi connectivity index (χ0) is 20.7. The van der Waals surface area contributed by atoms with Gasteiger partial charge in [-0.05, 0) is 42.7 Å². The number of likely N-dealkylation sites (N-methyl/N-ethyl adjacent to an activating group) is 1. The Morgan fingerprint density at radius 1 is 1.04 bits per heavy atom. The normalized spacial score (nSPS) is 10.2. The summed E-state index contributed by atoms with van der Waals surface area (Å²) >= 11 is 0. The fourth-order valence-corrected chi connectivity index (χ4v) is 2.58. The van der Waals surface area contributed by atoms with Crippen molar-refractivity contribution in [3.05, 3.63) is 59.2 Å². The summed E-state index contributed by atoms with van der Waals surface area (Å²) in [5, 5.41) is 12.0. The summed E-state index contributed by atoms with van der Waals surface area (Å²) in [6, 6.07) is 11.8. The van der Waals surface area contributed by atoms with Crippen LogP contribution >= 0.6 is 0 Å². The van der Waals surface area contributed by atoms with Crippen LogP contribution in [-0.4, -0.2) is 48.0 Å². The average molecular weight is 384 g/mol. The molecule has 0 aliphatic rings. The largest absolute Gasteiger partial charge is 0.508 e. The number of hydrogen-bond acceptors (Lipinski definition) is 5. The lowest BCUT2D eigenvalue weighted by molar-refractivity contribution is -0.151. The standard InChI is InChI=1S/C21H24N2O5/c1-14-5-4-6-15(2)21(14)22-18(25)12-23(3)19(26)13-28-20(27)11-16-7-9-17(24)10-8-16/h4-10,24H,11-13H2,1-3H3,(H,22,25). The Hall–Kier alpha value is -3.35. The Balaban J connectivity index is 1.79. The number of carbonyl (C=O) groups excluding carboxylic acids is 3. The van der Waals surface area contributed by atoms with Crippen LogP contribution in [0.4, 0.5) is 5.69 Å². The molecule has 28 heavy (non-hydrogen) atoms. The number of phenols is 1. The minimum absolute atomic E-state index is 0.00960. The first kappa shape index (κ1) is 21.0. The fraction of sp³-hybridized carbons (Fsp3) is 0.286. The Morgan fingerprint density at radius 2 is 1.64 bits per heavy atom. The number of rotatable bonds is 7. The van der Waals surface area contributed by atoms with Crippen LogP contribution in [0.2, 0.25) is 0 Å².